The number of fused-ring (bicyclic) bond motifs is 1. The molecule has 156 valence electrons. The summed E-state index contributed by atoms with van der Waals surface area (Å²) in [6.45, 7) is 3.69. The molecular weight excluding hydrogens is 396 g/mol. The average Bonchev–Trinajstić information content (AvgIpc) is 3.16. The number of carbonyl (C=O) groups is 1. The van der Waals surface area contributed by atoms with Crippen molar-refractivity contribution < 1.29 is 22.5 Å². The van der Waals surface area contributed by atoms with Crippen LogP contribution in [0.15, 0.2) is 27.6 Å². The molecule has 3 aromatic rings. The van der Waals surface area contributed by atoms with Crippen molar-refractivity contribution in [1.29, 1.82) is 0 Å². The molecule has 0 aliphatic heterocycles. The molecule has 10 heteroatoms. The molecular formula is C19H24N4O5S. The van der Waals surface area contributed by atoms with Crippen LogP contribution in [0.5, 0.6) is 0 Å². The van der Waals surface area contributed by atoms with Crippen LogP contribution in [-0.2, 0) is 39.6 Å². The van der Waals surface area contributed by atoms with Crippen LogP contribution >= 0.6 is 0 Å². The number of ether oxygens (including phenoxy) is 1. The zero-order valence-corrected chi connectivity index (χ0v) is 17.9. The maximum absolute atomic E-state index is 12.3. The van der Waals surface area contributed by atoms with Crippen molar-refractivity contribution in [2.45, 2.75) is 38.2 Å². The van der Waals surface area contributed by atoms with E-state index in [-0.39, 0.29) is 23.9 Å². The van der Waals surface area contributed by atoms with Crippen LogP contribution in [0.1, 0.15) is 29.3 Å². The Balaban J connectivity index is 1.70. The molecule has 0 saturated heterocycles. The quantitative estimate of drug-likeness (QED) is 0.539. The molecule has 1 aromatic carbocycles. The Kier molecular flexibility index (Phi) is 5.76. The van der Waals surface area contributed by atoms with Gasteiger partial charge in [0.05, 0.1) is 33.6 Å². The molecule has 0 amide bonds. The second-order valence-corrected chi connectivity index (χ2v) is 9.14. The molecule has 29 heavy (non-hydrogen) atoms. The maximum Gasteiger partial charge on any atom is 0.306 e. The average molecular weight is 420 g/mol. The summed E-state index contributed by atoms with van der Waals surface area (Å²) in [7, 11) is 1.26. The number of rotatable bonds is 7. The van der Waals surface area contributed by atoms with Gasteiger partial charge in [-0.1, -0.05) is 5.16 Å². The van der Waals surface area contributed by atoms with Gasteiger partial charge in [0.15, 0.2) is 0 Å². The van der Waals surface area contributed by atoms with Crippen LogP contribution in [0, 0.1) is 13.8 Å². The van der Waals surface area contributed by atoms with Gasteiger partial charge in [-0.25, -0.2) is 17.7 Å². The van der Waals surface area contributed by atoms with Crippen molar-refractivity contribution in [3.63, 3.8) is 0 Å². The summed E-state index contributed by atoms with van der Waals surface area (Å²) < 4.78 is 38.0. The molecule has 0 aliphatic carbocycles. The predicted octanol–water partition coefficient (Wildman–Crippen LogP) is 2.10. The minimum absolute atomic E-state index is 0.119. The highest BCUT2D eigenvalue weighted by molar-refractivity contribution is 7.89. The second kappa shape index (κ2) is 7.96. The second-order valence-electron chi connectivity index (χ2n) is 6.99. The first-order valence-corrected chi connectivity index (χ1v) is 10.5. The van der Waals surface area contributed by atoms with Crippen LogP contribution in [0.3, 0.4) is 0 Å². The van der Waals surface area contributed by atoms with E-state index in [2.05, 4.69) is 10.1 Å². The third-order valence-corrected chi connectivity index (χ3v) is 6.65. The van der Waals surface area contributed by atoms with E-state index in [0.29, 0.717) is 29.2 Å². The lowest BCUT2D eigenvalue weighted by Crippen LogP contribution is -2.22. The van der Waals surface area contributed by atoms with Gasteiger partial charge in [0, 0.05) is 27.6 Å². The van der Waals surface area contributed by atoms with Gasteiger partial charge in [-0.15, -0.1) is 0 Å². The van der Waals surface area contributed by atoms with Crippen LogP contribution < -0.4 is 0 Å². The molecule has 0 spiro atoms. The highest BCUT2D eigenvalue weighted by atomic mass is 32.2. The van der Waals surface area contributed by atoms with E-state index < -0.39 is 10.0 Å². The Morgan fingerprint density at radius 1 is 1.28 bits per heavy atom. The third-order valence-electron chi connectivity index (χ3n) is 4.83. The fraction of sp³-hybridized carbons (Fsp3) is 0.421. The van der Waals surface area contributed by atoms with E-state index in [4.69, 9.17) is 9.26 Å². The largest absolute Gasteiger partial charge is 0.461 e. The number of carbonyl (C=O) groups excluding carboxylic acids is 1. The summed E-state index contributed by atoms with van der Waals surface area (Å²) in [5.41, 5.74) is 2.83. The van der Waals surface area contributed by atoms with E-state index in [1.807, 2.05) is 11.6 Å². The van der Waals surface area contributed by atoms with Gasteiger partial charge in [-0.2, -0.15) is 0 Å². The Bertz CT molecular complexity index is 1140. The summed E-state index contributed by atoms with van der Waals surface area (Å²) in [6, 6.07) is 4.82. The van der Waals surface area contributed by atoms with Gasteiger partial charge in [0.1, 0.15) is 18.2 Å². The zero-order chi connectivity index (χ0) is 21.3. The van der Waals surface area contributed by atoms with E-state index in [0.717, 1.165) is 15.4 Å². The molecule has 3 rings (SSSR count). The fourth-order valence-corrected chi connectivity index (χ4v) is 3.89. The lowest BCUT2D eigenvalue weighted by molar-refractivity contribution is -0.144. The van der Waals surface area contributed by atoms with Crippen molar-refractivity contribution in [3.05, 3.63) is 41.0 Å². The molecule has 0 radical (unpaired) electrons. The molecule has 9 nitrogen and oxygen atoms in total. The van der Waals surface area contributed by atoms with Gasteiger partial charge in [-0.05, 0) is 32.0 Å². The number of hydrogen-bond donors (Lipinski definition) is 0. The molecule has 0 saturated carbocycles. The molecule has 0 aliphatic rings. The summed E-state index contributed by atoms with van der Waals surface area (Å²) in [6.07, 6.45) is 0.533. The minimum Gasteiger partial charge on any atom is -0.461 e. The van der Waals surface area contributed by atoms with Gasteiger partial charge in [-0.3, -0.25) is 4.79 Å². The maximum atomic E-state index is 12.3. The summed E-state index contributed by atoms with van der Waals surface area (Å²) in [5.74, 6) is 0.954. The Hall–Kier alpha value is -2.72. The van der Waals surface area contributed by atoms with Crippen LogP contribution in [0.25, 0.3) is 11.0 Å². The number of benzene rings is 1. The van der Waals surface area contributed by atoms with E-state index in [9.17, 15) is 13.2 Å². The SMILES string of the molecule is Cc1noc(C)c1COC(=O)CCc1nc2cc(S(=O)(=O)N(C)C)ccc2n1C. The highest BCUT2D eigenvalue weighted by Gasteiger charge is 2.19. The van der Waals surface area contributed by atoms with Crippen LogP contribution in [0.2, 0.25) is 0 Å². The first-order valence-electron chi connectivity index (χ1n) is 9.06. The first-order chi connectivity index (χ1) is 13.6. The van der Waals surface area contributed by atoms with E-state index >= 15 is 0 Å². The molecule has 0 atom stereocenters. The standard InChI is InChI=1S/C19H24N4O5S/c1-12-15(13(2)28-21-12)11-27-19(24)9-8-18-20-16-10-14(29(25,26)22(3)4)6-7-17(16)23(18)5/h6-7,10H,8-9,11H2,1-5H3. The Labute approximate surface area is 169 Å². The van der Waals surface area contributed by atoms with E-state index in [1.54, 1.807) is 32.0 Å². The lowest BCUT2D eigenvalue weighted by Gasteiger charge is -2.10. The lowest BCUT2D eigenvalue weighted by atomic mass is 10.2. The van der Waals surface area contributed by atoms with Crippen molar-refractivity contribution in [2.75, 3.05) is 14.1 Å². The highest BCUT2D eigenvalue weighted by Crippen LogP contribution is 2.22. The normalized spacial score (nSPS) is 12.1. The minimum atomic E-state index is -3.54. The van der Waals surface area contributed by atoms with Gasteiger partial charge in [0.25, 0.3) is 0 Å². The number of imidazole rings is 1. The number of sulfonamides is 1. The van der Waals surface area contributed by atoms with Crippen LogP contribution in [0.4, 0.5) is 0 Å². The molecule has 2 aromatic heterocycles. The fourth-order valence-electron chi connectivity index (χ4n) is 2.97. The van der Waals surface area contributed by atoms with E-state index in [1.165, 1.54) is 14.1 Å². The summed E-state index contributed by atoms with van der Waals surface area (Å²) in [4.78, 5) is 16.8. The van der Waals surface area contributed by atoms with Crippen molar-refractivity contribution in [3.8, 4) is 0 Å². The molecule has 0 unspecified atom stereocenters. The van der Waals surface area contributed by atoms with Crippen molar-refractivity contribution >= 4 is 27.0 Å². The van der Waals surface area contributed by atoms with Gasteiger partial charge < -0.3 is 13.8 Å². The van der Waals surface area contributed by atoms with Crippen molar-refractivity contribution in [2.24, 2.45) is 7.05 Å². The Morgan fingerprint density at radius 2 is 2.00 bits per heavy atom. The number of esters is 1. The number of aromatic nitrogens is 3. The Morgan fingerprint density at radius 3 is 2.62 bits per heavy atom. The first kappa shape index (κ1) is 21.0. The third kappa shape index (κ3) is 4.18. The van der Waals surface area contributed by atoms with Crippen molar-refractivity contribution in [1.82, 2.24) is 19.0 Å². The zero-order valence-electron chi connectivity index (χ0n) is 17.1. The summed E-state index contributed by atoms with van der Waals surface area (Å²) >= 11 is 0. The van der Waals surface area contributed by atoms with Gasteiger partial charge >= 0.3 is 5.97 Å². The molecule has 2 heterocycles. The summed E-state index contributed by atoms with van der Waals surface area (Å²) in [5, 5.41) is 3.83. The van der Waals surface area contributed by atoms with Crippen LogP contribution in [-0.4, -0.2) is 47.5 Å². The van der Waals surface area contributed by atoms with Gasteiger partial charge in [0.2, 0.25) is 10.0 Å². The number of aryl methyl sites for hydroxylation is 4. The molecule has 0 bridgehead atoms. The topological polar surface area (TPSA) is 108 Å². The monoisotopic (exact) mass is 420 g/mol. The predicted molar refractivity (Wildman–Crippen MR) is 106 cm³/mol. The number of hydrogen-bond acceptors (Lipinski definition) is 7. The molecule has 0 N–H and O–H groups in total. The smallest absolute Gasteiger partial charge is 0.306 e. The number of nitrogens with zero attached hydrogens (tertiary/aromatic N) is 4. The molecule has 0 fully saturated rings.